The largest absolute Gasteiger partial charge is 0.368 e. The van der Waals surface area contributed by atoms with E-state index in [0.717, 1.165) is 12.8 Å². The van der Waals surface area contributed by atoms with E-state index in [-0.39, 0.29) is 17.9 Å². The Kier molecular flexibility index (Phi) is 4.38. The highest BCUT2D eigenvalue weighted by atomic mass is 19.1. The molecule has 0 bridgehead atoms. The van der Waals surface area contributed by atoms with Crippen LogP contribution in [0.25, 0.3) is 0 Å². The standard InChI is InChI=1S/C16H19FN2O3/c17-13-4-1-3-12(11-13)15(20)18-6-8-19(9-7-18)16(21)14-5-2-10-22-14/h1,3-4,11,14H,2,5-10H2. The van der Waals surface area contributed by atoms with E-state index in [2.05, 4.69) is 0 Å². The monoisotopic (exact) mass is 306 g/mol. The van der Waals surface area contributed by atoms with Crippen LogP contribution in [0.5, 0.6) is 0 Å². The van der Waals surface area contributed by atoms with Gasteiger partial charge < -0.3 is 14.5 Å². The van der Waals surface area contributed by atoms with Gasteiger partial charge in [-0.15, -0.1) is 0 Å². The van der Waals surface area contributed by atoms with Crippen molar-refractivity contribution in [1.82, 2.24) is 9.80 Å². The average Bonchev–Trinajstić information content (AvgIpc) is 3.08. The van der Waals surface area contributed by atoms with E-state index in [1.807, 2.05) is 0 Å². The summed E-state index contributed by atoms with van der Waals surface area (Å²) in [6.45, 7) is 2.58. The van der Waals surface area contributed by atoms with E-state index >= 15 is 0 Å². The fraction of sp³-hybridized carbons (Fsp3) is 0.500. The molecule has 6 heteroatoms. The van der Waals surface area contributed by atoms with Gasteiger partial charge in [-0.2, -0.15) is 0 Å². The molecular formula is C16H19FN2O3. The molecule has 22 heavy (non-hydrogen) atoms. The minimum atomic E-state index is -0.418. The van der Waals surface area contributed by atoms with E-state index in [1.165, 1.54) is 18.2 Å². The summed E-state index contributed by atoms with van der Waals surface area (Å²) in [5.74, 6) is -0.586. The Morgan fingerprint density at radius 3 is 2.50 bits per heavy atom. The molecule has 118 valence electrons. The summed E-state index contributed by atoms with van der Waals surface area (Å²) in [6, 6.07) is 5.69. The minimum Gasteiger partial charge on any atom is -0.368 e. The zero-order chi connectivity index (χ0) is 15.5. The lowest BCUT2D eigenvalue weighted by Gasteiger charge is -2.35. The Hall–Kier alpha value is -1.95. The van der Waals surface area contributed by atoms with Gasteiger partial charge in [0.05, 0.1) is 0 Å². The van der Waals surface area contributed by atoms with Crippen molar-refractivity contribution in [2.24, 2.45) is 0 Å². The van der Waals surface area contributed by atoms with Crippen LogP contribution >= 0.6 is 0 Å². The number of halogens is 1. The number of rotatable bonds is 2. The normalized spacial score (nSPS) is 22.0. The van der Waals surface area contributed by atoms with Crippen molar-refractivity contribution >= 4 is 11.8 Å². The predicted octanol–water partition coefficient (Wildman–Crippen LogP) is 1.29. The zero-order valence-corrected chi connectivity index (χ0v) is 12.3. The van der Waals surface area contributed by atoms with Crippen LogP contribution in [0.1, 0.15) is 23.2 Å². The van der Waals surface area contributed by atoms with Crippen LogP contribution in [0.3, 0.4) is 0 Å². The van der Waals surface area contributed by atoms with Gasteiger partial charge in [0.15, 0.2) is 0 Å². The molecule has 3 rings (SSSR count). The third kappa shape index (κ3) is 3.11. The Morgan fingerprint density at radius 2 is 1.86 bits per heavy atom. The maximum Gasteiger partial charge on any atom is 0.254 e. The minimum absolute atomic E-state index is 0.0235. The molecule has 2 fully saturated rings. The molecular weight excluding hydrogens is 287 g/mol. The average molecular weight is 306 g/mol. The second kappa shape index (κ2) is 6.44. The quantitative estimate of drug-likeness (QED) is 0.827. The number of nitrogens with zero attached hydrogens (tertiary/aromatic N) is 2. The van der Waals surface area contributed by atoms with Gasteiger partial charge in [0.25, 0.3) is 11.8 Å². The zero-order valence-electron chi connectivity index (χ0n) is 12.3. The van der Waals surface area contributed by atoms with Gasteiger partial charge in [0.2, 0.25) is 0 Å². The van der Waals surface area contributed by atoms with Crippen molar-refractivity contribution in [3.05, 3.63) is 35.6 Å². The third-order valence-electron chi connectivity index (χ3n) is 4.16. The molecule has 0 N–H and O–H groups in total. The maximum absolute atomic E-state index is 13.2. The fourth-order valence-electron chi connectivity index (χ4n) is 2.91. The predicted molar refractivity (Wildman–Crippen MR) is 77.9 cm³/mol. The highest BCUT2D eigenvalue weighted by Gasteiger charge is 2.31. The number of benzene rings is 1. The van der Waals surface area contributed by atoms with Crippen LogP contribution in [0, 0.1) is 5.82 Å². The summed E-state index contributed by atoms with van der Waals surface area (Å²) < 4.78 is 18.6. The van der Waals surface area contributed by atoms with Crippen molar-refractivity contribution in [2.45, 2.75) is 18.9 Å². The molecule has 1 aromatic carbocycles. The summed E-state index contributed by atoms with van der Waals surface area (Å²) in [4.78, 5) is 28.0. The van der Waals surface area contributed by atoms with E-state index in [4.69, 9.17) is 4.74 Å². The lowest BCUT2D eigenvalue weighted by Crippen LogP contribution is -2.52. The van der Waals surface area contributed by atoms with Crippen molar-refractivity contribution in [2.75, 3.05) is 32.8 Å². The van der Waals surface area contributed by atoms with Crippen LogP contribution in [-0.4, -0.2) is 60.5 Å². The first-order chi connectivity index (χ1) is 10.6. The first kappa shape index (κ1) is 15.0. The molecule has 0 radical (unpaired) electrons. The summed E-state index contributed by atoms with van der Waals surface area (Å²) in [5.41, 5.74) is 0.346. The van der Waals surface area contributed by atoms with Gasteiger partial charge in [-0.1, -0.05) is 6.07 Å². The number of carbonyl (C=O) groups is 2. The van der Waals surface area contributed by atoms with E-state index in [9.17, 15) is 14.0 Å². The Balaban J connectivity index is 1.57. The highest BCUT2D eigenvalue weighted by Crippen LogP contribution is 2.17. The lowest BCUT2D eigenvalue weighted by molar-refractivity contribution is -0.142. The van der Waals surface area contributed by atoms with Gasteiger partial charge >= 0.3 is 0 Å². The van der Waals surface area contributed by atoms with Gasteiger partial charge in [0.1, 0.15) is 11.9 Å². The molecule has 2 amide bonds. The van der Waals surface area contributed by atoms with Crippen LogP contribution in [0.15, 0.2) is 24.3 Å². The Morgan fingerprint density at radius 1 is 1.14 bits per heavy atom. The van der Waals surface area contributed by atoms with E-state index in [0.29, 0.717) is 38.3 Å². The van der Waals surface area contributed by atoms with Crippen LogP contribution < -0.4 is 0 Å². The molecule has 2 saturated heterocycles. The summed E-state index contributed by atoms with van der Waals surface area (Å²) >= 11 is 0. The number of piperazine rings is 1. The summed E-state index contributed by atoms with van der Waals surface area (Å²) in [5, 5.41) is 0. The van der Waals surface area contributed by atoms with Gasteiger partial charge in [0, 0.05) is 38.3 Å². The molecule has 0 spiro atoms. The first-order valence-corrected chi connectivity index (χ1v) is 7.60. The smallest absolute Gasteiger partial charge is 0.254 e. The highest BCUT2D eigenvalue weighted by molar-refractivity contribution is 5.94. The van der Waals surface area contributed by atoms with Crippen LogP contribution in [-0.2, 0) is 9.53 Å². The van der Waals surface area contributed by atoms with Crippen molar-refractivity contribution in [1.29, 1.82) is 0 Å². The number of hydrogen-bond donors (Lipinski definition) is 0. The SMILES string of the molecule is O=C(c1cccc(F)c1)N1CCN(C(=O)C2CCCO2)CC1. The number of ether oxygens (including phenoxy) is 1. The molecule has 2 aliphatic heterocycles. The molecule has 2 heterocycles. The molecule has 2 aliphatic rings. The second-order valence-corrected chi connectivity index (χ2v) is 5.63. The van der Waals surface area contributed by atoms with Crippen molar-refractivity contribution < 1.29 is 18.7 Å². The van der Waals surface area contributed by atoms with Crippen molar-refractivity contribution in [3.8, 4) is 0 Å². The number of hydrogen-bond acceptors (Lipinski definition) is 3. The van der Waals surface area contributed by atoms with Crippen molar-refractivity contribution in [3.63, 3.8) is 0 Å². The Bertz CT molecular complexity index is 564. The number of carbonyl (C=O) groups excluding carboxylic acids is 2. The second-order valence-electron chi connectivity index (χ2n) is 5.63. The molecule has 1 aromatic rings. The maximum atomic E-state index is 13.2. The van der Waals surface area contributed by atoms with Gasteiger partial charge in [-0.3, -0.25) is 9.59 Å². The topological polar surface area (TPSA) is 49.9 Å². The molecule has 0 aliphatic carbocycles. The third-order valence-corrected chi connectivity index (χ3v) is 4.16. The lowest BCUT2D eigenvalue weighted by atomic mass is 10.1. The molecule has 0 saturated carbocycles. The fourth-order valence-corrected chi connectivity index (χ4v) is 2.91. The molecule has 5 nitrogen and oxygen atoms in total. The first-order valence-electron chi connectivity index (χ1n) is 7.60. The molecule has 1 unspecified atom stereocenters. The molecule has 1 atom stereocenters. The van der Waals surface area contributed by atoms with Crippen LogP contribution in [0.2, 0.25) is 0 Å². The van der Waals surface area contributed by atoms with E-state index < -0.39 is 5.82 Å². The summed E-state index contributed by atoms with van der Waals surface area (Å²) in [6.07, 6.45) is 1.39. The van der Waals surface area contributed by atoms with Gasteiger partial charge in [-0.05, 0) is 31.0 Å². The Labute approximate surface area is 128 Å². The summed E-state index contributed by atoms with van der Waals surface area (Å²) in [7, 11) is 0. The van der Waals surface area contributed by atoms with E-state index in [1.54, 1.807) is 15.9 Å². The van der Waals surface area contributed by atoms with Gasteiger partial charge in [-0.25, -0.2) is 4.39 Å². The number of amides is 2. The molecule has 0 aromatic heterocycles. The van der Waals surface area contributed by atoms with Crippen LogP contribution in [0.4, 0.5) is 4.39 Å².